The Morgan fingerprint density at radius 2 is 1.44 bits per heavy atom. The first-order chi connectivity index (χ1) is 15.0. The fourth-order valence-electron chi connectivity index (χ4n) is 2.74. The molecule has 0 saturated heterocycles. The number of aryl methyl sites for hydroxylation is 2. The number of amides is 1. The number of benzene rings is 3. The van der Waals surface area contributed by atoms with E-state index in [9.17, 15) is 30.8 Å². The number of sulfonamides is 1. The summed E-state index contributed by atoms with van der Waals surface area (Å²) in [7, 11) is -4.07. The summed E-state index contributed by atoms with van der Waals surface area (Å²) in [5.74, 6) is -7.80. The number of hydrogen-bond acceptors (Lipinski definition) is 4. The summed E-state index contributed by atoms with van der Waals surface area (Å²) in [6.07, 6.45) is 0. The minimum Gasteiger partial charge on any atom is -0.293 e. The van der Waals surface area contributed by atoms with Gasteiger partial charge in [0.25, 0.3) is 15.9 Å². The van der Waals surface area contributed by atoms with Gasteiger partial charge in [-0.2, -0.15) is 0 Å². The highest BCUT2D eigenvalue weighted by atomic mass is 32.2. The average molecular weight is 467 g/mol. The third-order valence-corrected chi connectivity index (χ3v) is 5.98. The van der Waals surface area contributed by atoms with Crippen molar-refractivity contribution in [3.05, 3.63) is 88.5 Å². The summed E-state index contributed by atoms with van der Waals surface area (Å²) < 4.78 is 82.0. The zero-order valence-corrected chi connectivity index (χ0v) is 17.6. The van der Waals surface area contributed by atoms with E-state index in [1.807, 2.05) is 12.3 Å². The maximum atomic E-state index is 13.7. The van der Waals surface area contributed by atoms with Crippen LogP contribution in [0.15, 0.2) is 53.4 Å². The Hall–Kier alpha value is -3.60. The molecule has 0 aliphatic carbocycles. The molecule has 6 nitrogen and oxygen atoms in total. The van der Waals surface area contributed by atoms with Gasteiger partial charge in [0.2, 0.25) is 0 Å². The Morgan fingerprint density at radius 3 is 2.03 bits per heavy atom. The van der Waals surface area contributed by atoms with E-state index in [0.717, 1.165) is 11.6 Å². The number of halogens is 4. The van der Waals surface area contributed by atoms with Gasteiger partial charge in [0.1, 0.15) is 5.69 Å². The predicted molar refractivity (Wildman–Crippen MR) is 111 cm³/mol. The monoisotopic (exact) mass is 467 g/mol. The topological polar surface area (TPSA) is 87.3 Å². The molecule has 0 heterocycles. The van der Waals surface area contributed by atoms with E-state index in [2.05, 4.69) is 4.72 Å². The minimum atomic E-state index is -4.07. The predicted octanol–water partition coefficient (Wildman–Crippen LogP) is 4.42. The third kappa shape index (κ3) is 4.83. The van der Waals surface area contributed by atoms with E-state index < -0.39 is 44.9 Å². The number of hydrazine groups is 1. The second kappa shape index (κ2) is 8.87. The summed E-state index contributed by atoms with van der Waals surface area (Å²) >= 11 is 0. The minimum absolute atomic E-state index is 0.0236. The van der Waals surface area contributed by atoms with Crippen molar-refractivity contribution in [2.45, 2.75) is 18.7 Å². The number of carbonyl (C=O) groups is 1. The molecule has 0 aliphatic rings. The zero-order valence-electron chi connectivity index (χ0n) is 16.8. The summed E-state index contributed by atoms with van der Waals surface area (Å²) in [5.41, 5.74) is 3.82. The smallest absolute Gasteiger partial charge is 0.269 e. The van der Waals surface area contributed by atoms with Crippen LogP contribution in [0.3, 0.4) is 0 Å². The molecule has 0 atom stereocenters. The SMILES string of the molecule is Cc1ccc(NS(=O)(=O)c2cc(C(=O)NNc3c(F)c(F)cc(F)c3F)ccc2C)cc1. The Bertz CT molecular complexity index is 1270. The van der Waals surface area contributed by atoms with Crippen molar-refractivity contribution in [3.63, 3.8) is 0 Å². The van der Waals surface area contributed by atoms with Crippen molar-refractivity contribution in [1.82, 2.24) is 5.43 Å². The van der Waals surface area contributed by atoms with Crippen LogP contribution in [0.2, 0.25) is 0 Å². The quantitative estimate of drug-likeness (QED) is 0.285. The molecule has 0 spiro atoms. The van der Waals surface area contributed by atoms with Gasteiger partial charge in [0.15, 0.2) is 23.3 Å². The fraction of sp³-hybridized carbons (Fsp3) is 0.0952. The summed E-state index contributed by atoms with van der Waals surface area (Å²) in [4.78, 5) is 12.2. The average Bonchev–Trinajstić information content (AvgIpc) is 2.74. The molecular weight excluding hydrogens is 450 g/mol. The van der Waals surface area contributed by atoms with Crippen LogP contribution in [0, 0.1) is 37.1 Å². The highest BCUT2D eigenvalue weighted by Gasteiger charge is 2.22. The number of hydrogen-bond donors (Lipinski definition) is 3. The van der Waals surface area contributed by atoms with E-state index in [0.29, 0.717) is 11.3 Å². The van der Waals surface area contributed by atoms with Crippen LogP contribution >= 0.6 is 0 Å². The molecule has 0 fully saturated rings. The lowest BCUT2D eigenvalue weighted by Gasteiger charge is -2.14. The van der Waals surface area contributed by atoms with Crippen LogP contribution in [-0.2, 0) is 10.0 Å². The maximum absolute atomic E-state index is 13.7. The summed E-state index contributed by atoms with van der Waals surface area (Å²) in [6.45, 7) is 3.36. The van der Waals surface area contributed by atoms with Gasteiger partial charge < -0.3 is 0 Å². The molecule has 0 saturated carbocycles. The van der Waals surface area contributed by atoms with E-state index in [-0.39, 0.29) is 16.5 Å². The van der Waals surface area contributed by atoms with Gasteiger partial charge in [-0.05, 0) is 43.7 Å². The molecule has 0 aromatic heterocycles. The first-order valence-corrected chi connectivity index (χ1v) is 10.6. The number of anilines is 2. The highest BCUT2D eigenvalue weighted by molar-refractivity contribution is 7.92. The summed E-state index contributed by atoms with van der Waals surface area (Å²) in [6, 6.07) is 10.3. The van der Waals surface area contributed by atoms with Crippen LogP contribution in [0.25, 0.3) is 0 Å². The van der Waals surface area contributed by atoms with E-state index >= 15 is 0 Å². The molecule has 168 valence electrons. The molecular formula is C21H17F4N3O3S. The molecule has 0 unspecified atom stereocenters. The van der Waals surface area contributed by atoms with Gasteiger partial charge >= 0.3 is 0 Å². The largest absolute Gasteiger partial charge is 0.293 e. The lowest BCUT2D eigenvalue weighted by atomic mass is 10.1. The Balaban J connectivity index is 1.84. The van der Waals surface area contributed by atoms with Crippen LogP contribution in [0.1, 0.15) is 21.5 Å². The molecule has 3 N–H and O–H groups in total. The molecule has 11 heteroatoms. The molecule has 3 rings (SSSR count). The molecule has 0 radical (unpaired) electrons. The van der Waals surface area contributed by atoms with Crippen molar-refractivity contribution in [1.29, 1.82) is 0 Å². The van der Waals surface area contributed by atoms with E-state index in [1.165, 1.54) is 19.1 Å². The molecule has 0 aliphatic heterocycles. The number of nitrogens with one attached hydrogen (secondary N) is 3. The highest BCUT2D eigenvalue weighted by Crippen LogP contribution is 2.24. The second-order valence-corrected chi connectivity index (χ2v) is 8.52. The van der Waals surface area contributed by atoms with Crippen molar-refractivity contribution in [2.75, 3.05) is 10.1 Å². The van der Waals surface area contributed by atoms with Gasteiger partial charge in [-0.1, -0.05) is 23.8 Å². The lowest BCUT2D eigenvalue weighted by Crippen LogP contribution is -2.31. The van der Waals surface area contributed by atoms with Gasteiger partial charge in [-0.15, -0.1) is 0 Å². The van der Waals surface area contributed by atoms with Crippen LogP contribution < -0.4 is 15.6 Å². The molecule has 3 aromatic rings. The maximum Gasteiger partial charge on any atom is 0.269 e. The summed E-state index contributed by atoms with van der Waals surface area (Å²) in [5, 5.41) is 0. The Morgan fingerprint density at radius 1 is 0.844 bits per heavy atom. The first kappa shape index (κ1) is 23.1. The second-order valence-electron chi connectivity index (χ2n) is 6.87. The Kier molecular flexibility index (Phi) is 6.40. The molecule has 1 amide bonds. The van der Waals surface area contributed by atoms with Gasteiger partial charge in [0, 0.05) is 17.3 Å². The lowest BCUT2D eigenvalue weighted by molar-refractivity contribution is 0.0962. The van der Waals surface area contributed by atoms with Crippen LogP contribution in [0.5, 0.6) is 0 Å². The normalized spacial score (nSPS) is 11.2. The fourth-order valence-corrected chi connectivity index (χ4v) is 4.07. The molecule has 0 bridgehead atoms. The van der Waals surface area contributed by atoms with Crippen LogP contribution in [0.4, 0.5) is 28.9 Å². The standard InChI is InChI=1S/C21H17F4N3O3S/c1-11-3-7-14(8-4-11)28-32(30,31)17-9-13(6-5-12(17)2)21(29)27-26-20-18(24)15(22)10-16(23)19(20)25/h3-10,26,28H,1-2H3,(H,27,29). The number of carbonyl (C=O) groups excluding carboxylic acids is 1. The van der Waals surface area contributed by atoms with Gasteiger partial charge in [0.05, 0.1) is 4.90 Å². The van der Waals surface area contributed by atoms with Gasteiger partial charge in [-0.25, -0.2) is 26.0 Å². The van der Waals surface area contributed by atoms with Crippen molar-refractivity contribution >= 4 is 27.3 Å². The van der Waals surface area contributed by atoms with E-state index in [1.54, 1.807) is 29.7 Å². The zero-order chi connectivity index (χ0) is 23.6. The van der Waals surface area contributed by atoms with E-state index in [4.69, 9.17) is 0 Å². The van der Waals surface area contributed by atoms with Crippen LogP contribution in [-0.4, -0.2) is 14.3 Å². The van der Waals surface area contributed by atoms with Crippen molar-refractivity contribution in [2.24, 2.45) is 0 Å². The molecule has 3 aromatic carbocycles. The van der Waals surface area contributed by atoms with Gasteiger partial charge in [-0.3, -0.25) is 20.4 Å². The first-order valence-electron chi connectivity index (χ1n) is 9.09. The van der Waals surface area contributed by atoms with Crippen molar-refractivity contribution < 1.29 is 30.8 Å². The molecule has 32 heavy (non-hydrogen) atoms. The third-order valence-electron chi connectivity index (χ3n) is 4.46. The Labute approximate surface area is 181 Å². The van der Waals surface area contributed by atoms with Crippen molar-refractivity contribution in [3.8, 4) is 0 Å². The number of rotatable bonds is 6.